The molecule has 1 aliphatic heterocycles. The lowest BCUT2D eigenvalue weighted by Gasteiger charge is -2.17. The number of fused-ring (bicyclic) bond motifs is 1. The van der Waals surface area contributed by atoms with Crippen LogP contribution in [0.25, 0.3) is 0 Å². The van der Waals surface area contributed by atoms with E-state index >= 15 is 0 Å². The molecule has 0 spiro atoms. The van der Waals surface area contributed by atoms with E-state index in [4.69, 9.17) is 0 Å². The fraction of sp³-hybridized carbons (Fsp3) is 0.133. The molecule has 2 heterocycles. The third-order valence-corrected chi connectivity index (χ3v) is 5.34. The maximum absolute atomic E-state index is 12.2. The fourth-order valence-corrected chi connectivity index (χ4v) is 4.03. The second-order valence-electron chi connectivity index (χ2n) is 5.04. The number of nitrogens with one attached hydrogen (secondary N) is 2. The van der Waals surface area contributed by atoms with Crippen LogP contribution < -0.4 is 10.6 Å². The van der Waals surface area contributed by atoms with Crippen molar-refractivity contribution in [3.63, 3.8) is 0 Å². The zero-order valence-corrected chi connectivity index (χ0v) is 15.3. The predicted molar refractivity (Wildman–Crippen MR) is 98.4 cm³/mol. The summed E-state index contributed by atoms with van der Waals surface area (Å²) in [5, 5.41) is 5.44. The first-order valence-electron chi connectivity index (χ1n) is 7.04. The van der Waals surface area contributed by atoms with Crippen LogP contribution in [-0.4, -0.2) is 31.7 Å². The summed E-state index contributed by atoms with van der Waals surface area (Å²) >= 11 is 2.02. The highest BCUT2D eigenvalue weighted by Gasteiger charge is 2.28. The molecule has 124 valence electrons. The van der Waals surface area contributed by atoms with Gasteiger partial charge in [0.25, 0.3) is 15.9 Å². The van der Waals surface area contributed by atoms with Crippen molar-refractivity contribution in [3.8, 4) is 0 Å². The van der Waals surface area contributed by atoms with Crippen LogP contribution in [0.15, 0.2) is 52.0 Å². The highest BCUT2D eigenvalue weighted by molar-refractivity contribution is 14.1. The van der Waals surface area contributed by atoms with Crippen LogP contribution in [0.3, 0.4) is 0 Å². The molecule has 0 saturated heterocycles. The maximum Gasteiger partial charge on any atom is 0.287 e. The SMILES string of the molecule is O=C(NCCc1ccncc1)C1=NS(=O)(=O)c2cc(I)ccc2N1. The standard InChI is InChI=1S/C15H13IN4O3S/c16-11-1-2-12-13(9-11)24(22,23)20-14(19-12)15(21)18-8-5-10-3-6-17-7-4-10/h1-4,6-7,9H,5,8H2,(H,18,21)(H,19,20). The van der Waals surface area contributed by atoms with E-state index in [9.17, 15) is 13.2 Å². The van der Waals surface area contributed by atoms with Crippen molar-refractivity contribution in [1.29, 1.82) is 0 Å². The Labute approximate surface area is 152 Å². The van der Waals surface area contributed by atoms with E-state index < -0.39 is 15.9 Å². The van der Waals surface area contributed by atoms with Crippen LogP contribution >= 0.6 is 22.6 Å². The number of anilines is 1. The average molecular weight is 456 g/mol. The van der Waals surface area contributed by atoms with E-state index in [2.05, 4.69) is 20.0 Å². The van der Waals surface area contributed by atoms with Gasteiger partial charge in [-0.3, -0.25) is 9.78 Å². The van der Waals surface area contributed by atoms with Gasteiger partial charge >= 0.3 is 0 Å². The first-order valence-corrected chi connectivity index (χ1v) is 9.56. The van der Waals surface area contributed by atoms with E-state index in [1.807, 2.05) is 34.7 Å². The van der Waals surface area contributed by atoms with Crippen LogP contribution in [0, 0.1) is 3.57 Å². The summed E-state index contributed by atoms with van der Waals surface area (Å²) in [5.74, 6) is -0.782. The molecule has 0 radical (unpaired) electrons. The molecule has 0 saturated carbocycles. The van der Waals surface area contributed by atoms with Crippen molar-refractivity contribution in [2.45, 2.75) is 11.3 Å². The molecule has 0 atom stereocenters. The zero-order valence-electron chi connectivity index (χ0n) is 12.4. The van der Waals surface area contributed by atoms with Crippen molar-refractivity contribution < 1.29 is 13.2 Å². The Morgan fingerprint density at radius 2 is 1.96 bits per heavy atom. The molecule has 1 amide bonds. The summed E-state index contributed by atoms with van der Waals surface area (Å²) in [6, 6.07) is 8.59. The van der Waals surface area contributed by atoms with E-state index in [0.717, 1.165) is 9.13 Å². The molecule has 1 aromatic carbocycles. The van der Waals surface area contributed by atoms with Crippen LogP contribution in [0.2, 0.25) is 0 Å². The molecule has 24 heavy (non-hydrogen) atoms. The minimum atomic E-state index is -3.88. The lowest BCUT2D eigenvalue weighted by molar-refractivity contribution is -0.114. The summed E-state index contributed by atoms with van der Waals surface area (Å²) in [6.45, 7) is 0.364. The van der Waals surface area contributed by atoms with Crippen molar-refractivity contribution in [2.24, 2.45) is 4.40 Å². The molecule has 0 aliphatic carbocycles. The van der Waals surface area contributed by atoms with Gasteiger partial charge < -0.3 is 10.6 Å². The smallest absolute Gasteiger partial charge is 0.287 e. The molecule has 0 bridgehead atoms. The third kappa shape index (κ3) is 3.73. The Balaban J connectivity index is 1.70. The zero-order chi connectivity index (χ0) is 17.2. The Bertz CT molecular complexity index is 914. The Hall–Kier alpha value is -2.01. The van der Waals surface area contributed by atoms with Gasteiger partial charge in [0.15, 0.2) is 0 Å². The highest BCUT2D eigenvalue weighted by atomic mass is 127. The molecule has 2 aromatic rings. The second kappa shape index (κ2) is 6.85. The number of carbonyl (C=O) groups is 1. The molecule has 0 fully saturated rings. The van der Waals surface area contributed by atoms with Gasteiger partial charge in [-0.2, -0.15) is 8.42 Å². The van der Waals surface area contributed by atoms with E-state index in [1.54, 1.807) is 24.5 Å². The van der Waals surface area contributed by atoms with Gasteiger partial charge in [0, 0.05) is 22.5 Å². The Morgan fingerprint density at radius 3 is 2.71 bits per heavy atom. The molecule has 1 aliphatic rings. The number of halogens is 1. The number of rotatable bonds is 4. The minimum Gasteiger partial charge on any atom is -0.349 e. The number of nitrogens with zero attached hydrogens (tertiary/aromatic N) is 2. The molecule has 9 heteroatoms. The number of hydrogen-bond donors (Lipinski definition) is 2. The van der Waals surface area contributed by atoms with Gasteiger partial charge in [-0.15, -0.1) is 4.40 Å². The molecule has 2 N–H and O–H groups in total. The second-order valence-corrected chi connectivity index (χ2v) is 7.86. The van der Waals surface area contributed by atoms with Crippen molar-refractivity contribution >= 4 is 50.0 Å². The average Bonchev–Trinajstić information content (AvgIpc) is 2.56. The number of amides is 1. The molecular weight excluding hydrogens is 443 g/mol. The normalized spacial score (nSPS) is 15.0. The van der Waals surface area contributed by atoms with Gasteiger partial charge in [-0.05, 0) is 64.9 Å². The quantitative estimate of drug-likeness (QED) is 0.681. The topological polar surface area (TPSA) is 101 Å². The summed E-state index contributed by atoms with van der Waals surface area (Å²) in [5.41, 5.74) is 1.38. The molecule has 1 aromatic heterocycles. The Kier molecular flexibility index (Phi) is 4.81. The number of amidine groups is 1. The first-order chi connectivity index (χ1) is 11.5. The van der Waals surface area contributed by atoms with Gasteiger partial charge in [0.2, 0.25) is 5.84 Å². The van der Waals surface area contributed by atoms with Crippen LogP contribution in [0.1, 0.15) is 5.56 Å². The monoisotopic (exact) mass is 456 g/mol. The fourth-order valence-electron chi connectivity index (χ4n) is 2.18. The van der Waals surface area contributed by atoms with Crippen LogP contribution in [0.5, 0.6) is 0 Å². The van der Waals surface area contributed by atoms with Crippen molar-refractivity contribution in [2.75, 3.05) is 11.9 Å². The lowest BCUT2D eigenvalue weighted by Crippen LogP contribution is -2.39. The minimum absolute atomic E-state index is 0.0720. The summed E-state index contributed by atoms with van der Waals surface area (Å²) in [6.07, 6.45) is 3.96. The summed E-state index contributed by atoms with van der Waals surface area (Å²) < 4.78 is 28.8. The summed E-state index contributed by atoms with van der Waals surface area (Å²) in [4.78, 5) is 16.2. The van der Waals surface area contributed by atoms with Crippen LogP contribution in [-0.2, 0) is 21.2 Å². The number of sulfonamides is 1. The maximum atomic E-state index is 12.2. The molecule has 0 unspecified atom stereocenters. The molecule has 7 nitrogen and oxygen atoms in total. The molecule has 3 rings (SSSR count). The third-order valence-electron chi connectivity index (χ3n) is 3.35. The Morgan fingerprint density at radius 1 is 1.21 bits per heavy atom. The van der Waals surface area contributed by atoms with Crippen LogP contribution in [0.4, 0.5) is 5.69 Å². The predicted octanol–water partition coefficient (Wildman–Crippen LogP) is 1.56. The van der Waals surface area contributed by atoms with Gasteiger partial charge in [-0.1, -0.05) is 0 Å². The number of carbonyl (C=O) groups excluding carboxylic acids is 1. The first kappa shape index (κ1) is 16.8. The van der Waals surface area contributed by atoms with Gasteiger partial charge in [-0.25, -0.2) is 0 Å². The lowest BCUT2D eigenvalue weighted by atomic mass is 10.2. The number of aromatic nitrogens is 1. The number of hydrogen-bond acceptors (Lipinski definition) is 5. The molecular formula is C15H13IN4O3S. The van der Waals surface area contributed by atoms with E-state index in [1.165, 1.54) is 6.07 Å². The number of benzene rings is 1. The highest BCUT2D eigenvalue weighted by Crippen LogP contribution is 2.28. The summed E-state index contributed by atoms with van der Waals surface area (Å²) in [7, 11) is -3.88. The van der Waals surface area contributed by atoms with Crippen molar-refractivity contribution in [1.82, 2.24) is 10.3 Å². The number of pyridine rings is 1. The van der Waals surface area contributed by atoms with E-state index in [0.29, 0.717) is 18.7 Å². The van der Waals surface area contributed by atoms with Gasteiger partial charge in [0.05, 0.1) is 5.69 Å². The van der Waals surface area contributed by atoms with Gasteiger partial charge in [0.1, 0.15) is 4.90 Å². The largest absolute Gasteiger partial charge is 0.349 e. The van der Waals surface area contributed by atoms with Crippen molar-refractivity contribution in [3.05, 3.63) is 51.9 Å². The van der Waals surface area contributed by atoms with E-state index in [-0.39, 0.29) is 10.7 Å².